The van der Waals surface area contributed by atoms with Crippen LogP contribution >= 0.6 is 0 Å². The Morgan fingerprint density at radius 1 is 1.00 bits per heavy atom. The molecular formula is C22H39N3O9. The van der Waals surface area contributed by atoms with Crippen molar-refractivity contribution in [1.82, 2.24) is 15.5 Å². The van der Waals surface area contributed by atoms with Gasteiger partial charge in [0.2, 0.25) is 23.6 Å². The molecule has 0 aliphatic carbocycles. The minimum atomic E-state index is -0.948. The maximum atomic E-state index is 10.8. The van der Waals surface area contributed by atoms with Crippen LogP contribution in [0.25, 0.3) is 0 Å². The molecule has 1 aliphatic heterocycles. The van der Waals surface area contributed by atoms with Gasteiger partial charge in [0, 0.05) is 52.2 Å². The van der Waals surface area contributed by atoms with Gasteiger partial charge in [-0.3, -0.25) is 33.7 Å². The minimum Gasteiger partial charge on any atom is -0.481 e. The SMILES string of the molecule is CC1CC(=O)N(C)C1=O.CCC(C)=O.CNC(=O)C(C)CC(=O)O.CNC(=O)CC(C)C(=O)O. The Hall–Kier alpha value is -3.31. The molecule has 0 aromatic rings. The van der Waals surface area contributed by atoms with E-state index >= 15 is 0 Å². The van der Waals surface area contributed by atoms with Crippen molar-refractivity contribution < 1.29 is 43.8 Å². The van der Waals surface area contributed by atoms with Crippen LogP contribution in [0.2, 0.25) is 0 Å². The first-order chi connectivity index (χ1) is 15.5. The minimum absolute atomic E-state index is 0.0475. The summed E-state index contributed by atoms with van der Waals surface area (Å²) in [5.41, 5.74) is 0. The molecule has 1 fully saturated rings. The molecule has 1 heterocycles. The molecule has 12 heteroatoms. The van der Waals surface area contributed by atoms with E-state index in [2.05, 4.69) is 10.6 Å². The van der Waals surface area contributed by atoms with E-state index in [1.54, 1.807) is 20.8 Å². The molecule has 4 amide bonds. The summed E-state index contributed by atoms with van der Waals surface area (Å²) in [5.74, 6) is -3.36. The van der Waals surface area contributed by atoms with E-state index in [0.29, 0.717) is 12.8 Å². The third-order valence-electron chi connectivity index (χ3n) is 4.47. The van der Waals surface area contributed by atoms with Gasteiger partial charge in [0.15, 0.2) is 0 Å². The predicted octanol–water partition coefficient (Wildman–Crippen LogP) is 0.683. The molecule has 3 unspecified atom stereocenters. The van der Waals surface area contributed by atoms with Crippen molar-refractivity contribution in [2.24, 2.45) is 17.8 Å². The first-order valence-electron chi connectivity index (χ1n) is 10.7. The third kappa shape index (κ3) is 18.3. The standard InChI is InChI=1S/2C6H11NO3.C6H9NO2.C4H8O/c1-4(3-5(8)9)6(10)7-2;1-4(6(9)10)3-5(8)7-2;1-4-3-5(8)7(2)6(4)9;1-3-4(2)5/h4H,3H2,1-2H3,(H,7,10)(H,8,9);4H,3H2,1-2H3,(H,7,8)(H,9,10);4H,3H2,1-2H3;3H2,1-2H3. The lowest BCUT2D eigenvalue weighted by Crippen LogP contribution is -2.26. The van der Waals surface area contributed by atoms with E-state index in [1.165, 1.54) is 33.0 Å². The van der Waals surface area contributed by atoms with Crippen LogP contribution in [0.5, 0.6) is 0 Å². The lowest BCUT2D eigenvalue weighted by molar-refractivity contribution is -0.143. The van der Waals surface area contributed by atoms with Gasteiger partial charge in [0.1, 0.15) is 5.78 Å². The summed E-state index contributed by atoms with van der Waals surface area (Å²) in [6, 6.07) is 0. The number of amides is 4. The second kappa shape index (κ2) is 19.2. The molecule has 0 radical (unpaired) electrons. The van der Waals surface area contributed by atoms with Crippen molar-refractivity contribution >= 4 is 41.4 Å². The van der Waals surface area contributed by atoms with Crippen LogP contribution in [0.15, 0.2) is 0 Å². The van der Waals surface area contributed by atoms with Gasteiger partial charge < -0.3 is 25.6 Å². The Labute approximate surface area is 200 Å². The van der Waals surface area contributed by atoms with E-state index in [1.807, 2.05) is 6.92 Å². The van der Waals surface area contributed by atoms with E-state index in [-0.39, 0.29) is 48.2 Å². The van der Waals surface area contributed by atoms with Gasteiger partial charge in [-0.1, -0.05) is 27.7 Å². The number of hydrogen-bond donors (Lipinski definition) is 4. The number of hydrogen-bond acceptors (Lipinski definition) is 7. The molecule has 196 valence electrons. The van der Waals surface area contributed by atoms with Crippen molar-refractivity contribution in [3.8, 4) is 0 Å². The van der Waals surface area contributed by atoms with Gasteiger partial charge in [-0.05, 0) is 6.92 Å². The molecule has 0 spiro atoms. The molecule has 4 N–H and O–H groups in total. The summed E-state index contributed by atoms with van der Waals surface area (Å²) in [7, 11) is 4.49. The highest BCUT2D eigenvalue weighted by atomic mass is 16.4. The van der Waals surface area contributed by atoms with Crippen LogP contribution in [0, 0.1) is 17.8 Å². The fourth-order valence-electron chi connectivity index (χ4n) is 2.01. The van der Waals surface area contributed by atoms with Gasteiger partial charge in [0.25, 0.3) is 0 Å². The summed E-state index contributed by atoms with van der Waals surface area (Å²) in [6.45, 7) is 8.27. The van der Waals surface area contributed by atoms with Gasteiger partial charge >= 0.3 is 11.9 Å². The highest BCUT2D eigenvalue weighted by molar-refractivity contribution is 6.02. The van der Waals surface area contributed by atoms with Crippen molar-refractivity contribution in [3.63, 3.8) is 0 Å². The number of carboxylic acid groups (broad SMARTS) is 2. The topological polar surface area (TPSA) is 187 Å². The monoisotopic (exact) mass is 489 g/mol. The Balaban J connectivity index is -0.000000387. The number of imide groups is 1. The van der Waals surface area contributed by atoms with Crippen LogP contribution in [0.1, 0.15) is 60.3 Å². The van der Waals surface area contributed by atoms with Crippen LogP contribution in [-0.2, 0) is 33.6 Å². The van der Waals surface area contributed by atoms with E-state index in [4.69, 9.17) is 10.2 Å². The van der Waals surface area contributed by atoms with Crippen molar-refractivity contribution in [2.45, 2.75) is 60.3 Å². The fourth-order valence-corrected chi connectivity index (χ4v) is 2.01. The molecule has 0 bridgehead atoms. The molecule has 1 aliphatic rings. The molecular weight excluding hydrogens is 450 g/mol. The molecule has 3 atom stereocenters. The van der Waals surface area contributed by atoms with E-state index in [9.17, 15) is 33.6 Å². The second-order valence-electron chi connectivity index (χ2n) is 7.68. The lowest BCUT2D eigenvalue weighted by Gasteiger charge is -2.04. The summed E-state index contributed by atoms with van der Waals surface area (Å²) in [6.07, 6.45) is 0.987. The van der Waals surface area contributed by atoms with E-state index in [0.717, 1.165) is 0 Å². The molecule has 0 aromatic heterocycles. The summed E-state index contributed by atoms with van der Waals surface area (Å²) in [5, 5.41) is 21.3. The molecule has 34 heavy (non-hydrogen) atoms. The van der Waals surface area contributed by atoms with Crippen molar-refractivity contribution in [1.29, 1.82) is 0 Å². The number of carbonyl (C=O) groups excluding carboxylic acids is 5. The number of nitrogens with zero attached hydrogens (tertiary/aromatic N) is 1. The van der Waals surface area contributed by atoms with Crippen LogP contribution in [-0.4, -0.2) is 77.6 Å². The van der Waals surface area contributed by atoms with Gasteiger partial charge in [0.05, 0.1) is 12.3 Å². The maximum Gasteiger partial charge on any atom is 0.306 e. The smallest absolute Gasteiger partial charge is 0.306 e. The van der Waals surface area contributed by atoms with Crippen molar-refractivity contribution in [2.75, 3.05) is 21.1 Å². The fraction of sp³-hybridized carbons (Fsp3) is 0.682. The van der Waals surface area contributed by atoms with Crippen LogP contribution in [0.4, 0.5) is 0 Å². The highest BCUT2D eigenvalue weighted by Gasteiger charge is 2.32. The predicted molar refractivity (Wildman–Crippen MR) is 123 cm³/mol. The lowest BCUT2D eigenvalue weighted by atomic mass is 10.1. The quantitative estimate of drug-likeness (QED) is 0.373. The van der Waals surface area contributed by atoms with Crippen LogP contribution in [0.3, 0.4) is 0 Å². The summed E-state index contributed by atoms with van der Waals surface area (Å²) >= 11 is 0. The van der Waals surface area contributed by atoms with Crippen LogP contribution < -0.4 is 10.6 Å². The summed E-state index contributed by atoms with van der Waals surface area (Å²) in [4.78, 5) is 74.0. The number of ketones is 1. The first-order valence-corrected chi connectivity index (χ1v) is 10.7. The number of Topliss-reactive ketones (excluding diaryl/α,β-unsaturated/α-hetero) is 1. The Kier molecular flexibility index (Phi) is 19.9. The van der Waals surface area contributed by atoms with Gasteiger partial charge in [-0.2, -0.15) is 0 Å². The van der Waals surface area contributed by atoms with Gasteiger partial charge in [-0.25, -0.2) is 0 Å². The average molecular weight is 490 g/mol. The number of carboxylic acids is 2. The zero-order valence-electron chi connectivity index (χ0n) is 21.3. The normalized spacial score (nSPS) is 15.6. The zero-order chi connectivity index (χ0) is 27.6. The second-order valence-corrected chi connectivity index (χ2v) is 7.68. The maximum absolute atomic E-state index is 10.8. The van der Waals surface area contributed by atoms with Gasteiger partial charge in [-0.15, -0.1) is 0 Å². The number of nitrogens with one attached hydrogen (secondary N) is 2. The number of likely N-dealkylation sites (tertiary alicyclic amines) is 1. The Morgan fingerprint density at radius 3 is 1.68 bits per heavy atom. The average Bonchev–Trinajstić information content (AvgIpc) is 2.98. The summed E-state index contributed by atoms with van der Waals surface area (Å²) < 4.78 is 0. The molecule has 1 saturated heterocycles. The molecule has 12 nitrogen and oxygen atoms in total. The zero-order valence-corrected chi connectivity index (χ0v) is 21.3. The molecule has 0 aromatic carbocycles. The van der Waals surface area contributed by atoms with Crippen molar-refractivity contribution in [3.05, 3.63) is 0 Å². The number of rotatable bonds is 7. The molecule has 1 rings (SSSR count). The first kappa shape index (κ1) is 35.3. The number of carbonyl (C=O) groups is 7. The largest absolute Gasteiger partial charge is 0.481 e. The number of aliphatic carboxylic acids is 2. The Morgan fingerprint density at radius 2 is 1.47 bits per heavy atom. The third-order valence-corrected chi connectivity index (χ3v) is 4.47. The molecule has 0 saturated carbocycles. The highest BCUT2D eigenvalue weighted by Crippen LogP contribution is 2.15. The van der Waals surface area contributed by atoms with E-state index < -0.39 is 23.8 Å². The Bertz CT molecular complexity index is 722.